The second-order valence-corrected chi connectivity index (χ2v) is 6.91. The zero-order valence-corrected chi connectivity index (χ0v) is 13.3. The van der Waals surface area contributed by atoms with E-state index in [1.807, 2.05) is 6.92 Å². The summed E-state index contributed by atoms with van der Waals surface area (Å²) in [7, 11) is -2.06. The molecule has 6 nitrogen and oxygen atoms in total. The molecule has 0 atom stereocenters. The lowest BCUT2D eigenvalue weighted by molar-refractivity contribution is 0.141. The van der Waals surface area contributed by atoms with Gasteiger partial charge in [0.1, 0.15) is 10.7 Å². The second-order valence-electron chi connectivity index (χ2n) is 5.23. The number of rotatable bonds is 8. The van der Waals surface area contributed by atoms with Crippen LogP contribution in [0.4, 0.5) is 5.82 Å². The molecule has 0 aliphatic rings. The summed E-state index contributed by atoms with van der Waals surface area (Å²) < 4.78 is 32.0. The summed E-state index contributed by atoms with van der Waals surface area (Å²) in [5, 5.41) is 3.10. The SMILES string of the molecule is CCCNc1ccc(S(=O)(=O)NC(C)(C)COC)cn1. The molecular weight excluding hydrogens is 278 g/mol. The minimum absolute atomic E-state index is 0.142. The number of sulfonamides is 1. The largest absolute Gasteiger partial charge is 0.383 e. The van der Waals surface area contributed by atoms with Gasteiger partial charge in [-0.25, -0.2) is 18.1 Å². The maximum Gasteiger partial charge on any atom is 0.242 e. The van der Waals surface area contributed by atoms with Crippen LogP contribution in [-0.4, -0.2) is 39.2 Å². The fraction of sp³-hybridized carbons (Fsp3) is 0.615. The molecule has 2 N–H and O–H groups in total. The number of nitrogens with zero attached hydrogens (tertiary/aromatic N) is 1. The number of hydrogen-bond acceptors (Lipinski definition) is 5. The fourth-order valence-electron chi connectivity index (χ4n) is 1.71. The van der Waals surface area contributed by atoms with Crippen LogP contribution < -0.4 is 10.0 Å². The van der Waals surface area contributed by atoms with Crippen molar-refractivity contribution >= 4 is 15.8 Å². The van der Waals surface area contributed by atoms with Crippen LogP contribution in [0, 0.1) is 0 Å². The van der Waals surface area contributed by atoms with Crippen LogP contribution in [0.3, 0.4) is 0 Å². The van der Waals surface area contributed by atoms with Crippen molar-refractivity contribution in [1.82, 2.24) is 9.71 Å². The molecule has 0 bridgehead atoms. The standard InChI is InChI=1S/C13H23N3O3S/c1-5-8-14-12-7-6-11(9-15-12)20(17,18)16-13(2,3)10-19-4/h6-7,9,16H,5,8,10H2,1-4H3,(H,14,15). The van der Waals surface area contributed by atoms with E-state index in [4.69, 9.17) is 4.74 Å². The zero-order valence-electron chi connectivity index (χ0n) is 12.4. The summed E-state index contributed by atoms with van der Waals surface area (Å²) in [6.45, 7) is 6.67. The molecule has 1 heterocycles. The van der Waals surface area contributed by atoms with Gasteiger partial charge in [-0.3, -0.25) is 0 Å². The summed E-state index contributed by atoms with van der Waals surface area (Å²) in [5.41, 5.74) is -0.674. The van der Waals surface area contributed by atoms with Crippen LogP contribution in [0.25, 0.3) is 0 Å². The minimum Gasteiger partial charge on any atom is -0.383 e. The molecule has 1 aromatic rings. The van der Waals surface area contributed by atoms with Crippen LogP contribution in [0.1, 0.15) is 27.2 Å². The highest BCUT2D eigenvalue weighted by Gasteiger charge is 2.26. The first-order valence-electron chi connectivity index (χ1n) is 6.53. The third-order valence-electron chi connectivity index (χ3n) is 2.52. The molecule has 20 heavy (non-hydrogen) atoms. The van der Waals surface area contributed by atoms with Gasteiger partial charge < -0.3 is 10.1 Å². The Morgan fingerprint density at radius 2 is 2.05 bits per heavy atom. The summed E-state index contributed by atoms with van der Waals surface area (Å²) in [6.07, 6.45) is 2.33. The van der Waals surface area contributed by atoms with Crippen molar-refractivity contribution in [3.63, 3.8) is 0 Å². The molecule has 1 aromatic heterocycles. The molecule has 0 spiro atoms. The maximum atomic E-state index is 12.2. The fourth-order valence-corrected chi connectivity index (χ4v) is 3.05. The molecule has 0 radical (unpaired) electrons. The van der Waals surface area contributed by atoms with Crippen LogP contribution in [0.15, 0.2) is 23.2 Å². The molecule has 0 aliphatic carbocycles. The third-order valence-corrected chi connectivity index (χ3v) is 4.20. The molecule has 0 fully saturated rings. The topological polar surface area (TPSA) is 80.3 Å². The molecule has 7 heteroatoms. The van der Waals surface area contributed by atoms with E-state index >= 15 is 0 Å². The van der Waals surface area contributed by atoms with Crippen LogP contribution in [-0.2, 0) is 14.8 Å². The Balaban J connectivity index is 2.82. The van der Waals surface area contributed by atoms with Gasteiger partial charge in [-0.05, 0) is 32.4 Å². The normalized spacial score (nSPS) is 12.4. The number of pyridine rings is 1. The van der Waals surface area contributed by atoms with Crippen molar-refractivity contribution in [1.29, 1.82) is 0 Å². The number of ether oxygens (including phenoxy) is 1. The number of anilines is 1. The van der Waals surface area contributed by atoms with E-state index in [0.29, 0.717) is 5.82 Å². The Kier molecular flexibility index (Phi) is 5.91. The molecule has 0 amide bonds. The molecule has 0 aliphatic heterocycles. The number of nitrogens with one attached hydrogen (secondary N) is 2. The molecule has 0 aromatic carbocycles. The third kappa shape index (κ3) is 5.07. The molecule has 0 unspecified atom stereocenters. The van der Waals surface area contributed by atoms with E-state index in [0.717, 1.165) is 13.0 Å². The van der Waals surface area contributed by atoms with E-state index in [9.17, 15) is 8.42 Å². The Hall–Kier alpha value is -1.18. The number of methoxy groups -OCH3 is 1. The Morgan fingerprint density at radius 3 is 2.55 bits per heavy atom. The average molecular weight is 301 g/mol. The molecule has 0 saturated heterocycles. The number of aromatic nitrogens is 1. The van der Waals surface area contributed by atoms with Gasteiger partial charge in [0, 0.05) is 19.9 Å². The van der Waals surface area contributed by atoms with Gasteiger partial charge in [-0.2, -0.15) is 0 Å². The van der Waals surface area contributed by atoms with Gasteiger partial charge in [-0.15, -0.1) is 0 Å². The maximum absolute atomic E-state index is 12.2. The lowest BCUT2D eigenvalue weighted by Crippen LogP contribution is -2.46. The second kappa shape index (κ2) is 7.01. The highest BCUT2D eigenvalue weighted by atomic mass is 32.2. The van der Waals surface area contributed by atoms with E-state index in [1.54, 1.807) is 19.9 Å². The average Bonchev–Trinajstić information content (AvgIpc) is 2.35. The molecule has 1 rings (SSSR count). The summed E-state index contributed by atoms with van der Waals surface area (Å²) in [5.74, 6) is 0.668. The monoisotopic (exact) mass is 301 g/mol. The zero-order chi connectivity index (χ0) is 15.2. The van der Waals surface area contributed by atoms with Gasteiger partial charge in [0.2, 0.25) is 10.0 Å². The molecular formula is C13H23N3O3S. The quantitative estimate of drug-likeness (QED) is 0.762. The molecule has 0 saturated carbocycles. The summed E-state index contributed by atoms with van der Waals surface area (Å²) in [4.78, 5) is 4.24. The lowest BCUT2D eigenvalue weighted by Gasteiger charge is -2.24. The van der Waals surface area contributed by atoms with E-state index < -0.39 is 15.6 Å². The van der Waals surface area contributed by atoms with Crippen LogP contribution in [0.5, 0.6) is 0 Å². The van der Waals surface area contributed by atoms with E-state index in [2.05, 4.69) is 15.0 Å². The van der Waals surface area contributed by atoms with Crippen LogP contribution in [0.2, 0.25) is 0 Å². The van der Waals surface area contributed by atoms with Gasteiger partial charge in [0.15, 0.2) is 0 Å². The predicted octanol–water partition coefficient (Wildman–Crippen LogP) is 1.61. The Bertz CT molecular complexity index is 512. The van der Waals surface area contributed by atoms with Crippen molar-refractivity contribution in [2.45, 2.75) is 37.6 Å². The first-order chi connectivity index (χ1) is 9.30. The lowest BCUT2D eigenvalue weighted by atomic mass is 10.1. The summed E-state index contributed by atoms with van der Waals surface area (Å²) in [6, 6.07) is 3.20. The number of hydrogen-bond donors (Lipinski definition) is 2. The van der Waals surface area contributed by atoms with Gasteiger partial charge >= 0.3 is 0 Å². The smallest absolute Gasteiger partial charge is 0.242 e. The predicted molar refractivity (Wildman–Crippen MR) is 79.3 cm³/mol. The first-order valence-corrected chi connectivity index (χ1v) is 8.02. The highest BCUT2D eigenvalue weighted by Crippen LogP contribution is 2.14. The van der Waals surface area contributed by atoms with Gasteiger partial charge in [0.25, 0.3) is 0 Å². The Morgan fingerprint density at radius 1 is 1.35 bits per heavy atom. The van der Waals surface area contributed by atoms with Gasteiger partial charge in [0.05, 0.1) is 12.1 Å². The minimum atomic E-state index is -3.60. The van der Waals surface area contributed by atoms with Crippen molar-refractivity contribution in [3.05, 3.63) is 18.3 Å². The van der Waals surface area contributed by atoms with Crippen molar-refractivity contribution in [2.75, 3.05) is 25.6 Å². The molecule has 114 valence electrons. The van der Waals surface area contributed by atoms with E-state index in [-0.39, 0.29) is 11.5 Å². The van der Waals surface area contributed by atoms with Crippen molar-refractivity contribution in [2.24, 2.45) is 0 Å². The Labute approximate surface area is 121 Å². The van der Waals surface area contributed by atoms with Crippen LogP contribution >= 0.6 is 0 Å². The first kappa shape index (κ1) is 16.9. The van der Waals surface area contributed by atoms with Gasteiger partial charge in [-0.1, -0.05) is 6.92 Å². The summed E-state index contributed by atoms with van der Waals surface area (Å²) >= 11 is 0. The highest BCUT2D eigenvalue weighted by molar-refractivity contribution is 7.89. The van der Waals surface area contributed by atoms with Crippen molar-refractivity contribution in [3.8, 4) is 0 Å². The van der Waals surface area contributed by atoms with E-state index in [1.165, 1.54) is 19.4 Å². The van der Waals surface area contributed by atoms with Crippen molar-refractivity contribution < 1.29 is 13.2 Å².